The minimum Gasteiger partial charge on any atom is -0.361 e. The van der Waals surface area contributed by atoms with Crippen molar-refractivity contribution in [1.29, 1.82) is 0 Å². The molecular weight excluding hydrogens is 374 g/mol. The summed E-state index contributed by atoms with van der Waals surface area (Å²) in [5.41, 5.74) is 4.96. The van der Waals surface area contributed by atoms with Crippen LogP contribution in [0.5, 0.6) is 0 Å². The number of aryl methyl sites for hydroxylation is 1. The first-order chi connectivity index (χ1) is 14.6. The van der Waals surface area contributed by atoms with Crippen molar-refractivity contribution >= 4 is 28.4 Å². The monoisotopic (exact) mass is 397 g/mol. The van der Waals surface area contributed by atoms with Crippen molar-refractivity contribution < 1.29 is 9.59 Å². The highest BCUT2D eigenvalue weighted by atomic mass is 16.2. The number of carbonyl (C=O) groups excluding carboxylic acids is 2. The molecule has 0 saturated heterocycles. The summed E-state index contributed by atoms with van der Waals surface area (Å²) in [6, 6.07) is 22.5. The molecule has 3 N–H and O–H groups in total. The first-order valence-corrected chi connectivity index (χ1v) is 9.91. The van der Waals surface area contributed by atoms with Crippen molar-refractivity contribution in [2.75, 3.05) is 11.9 Å². The largest absolute Gasteiger partial charge is 0.361 e. The molecule has 0 aliphatic heterocycles. The molecule has 0 atom stereocenters. The molecule has 150 valence electrons. The Morgan fingerprint density at radius 1 is 0.867 bits per heavy atom. The highest BCUT2D eigenvalue weighted by Crippen LogP contribution is 2.18. The van der Waals surface area contributed by atoms with Gasteiger partial charge in [0.05, 0.1) is 0 Å². The molecule has 4 aromatic rings. The number of H-pyrrole nitrogens is 1. The van der Waals surface area contributed by atoms with Crippen molar-refractivity contribution in [2.45, 2.75) is 13.3 Å². The highest BCUT2D eigenvalue weighted by Gasteiger charge is 2.11. The molecule has 0 saturated carbocycles. The van der Waals surface area contributed by atoms with E-state index in [4.69, 9.17) is 0 Å². The molecule has 5 heteroatoms. The minimum atomic E-state index is -0.242. The van der Waals surface area contributed by atoms with Crippen LogP contribution >= 0.6 is 0 Å². The molecule has 3 aromatic carbocycles. The maximum atomic E-state index is 12.6. The summed E-state index contributed by atoms with van der Waals surface area (Å²) >= 11 is 0. The van der Waals surface area contributed by atoms with Crippen LogP contribution in [0.15, 0.2) is 79.0 Å². The predicted molar refractivity (Wildman–Crippen MR) is 120 cm³/mol. The van der Waals surface area contributed by atoms with Gasteiger partial charge < -0.3 is 15.6 Å². The zero-order chi connectivity index (χ0) is 20.9. The molecule has 5 nitrogen and oxygen atoms in total. The Morgan fingerprint density at radius 3 is 2.47 bits per heavy atom. The number of carbonyl (C=O) groups is 2. The average Bonchev–Trinajstić information content (AvgIpc) is 3.17. The van der Waals surface area contributed by atoms with Crippen molar-refractivity contribution in [3.63, 3.8) is 0 Å². The van der Waals surface area contributed by atoms with Crippen LogP contribution in [-0.2, 0) is 6.42 Å². The van der Waals surface area contributed by atoms with Crippen molar-refractivity contribution in [3.8, 4) is 0 Å². The van der Waals surface area contributed by atoms with E-state index in [-0.39, 0.29) is 11.8 Å². The standard InChI is InChI=1S/C25H23N3O2/c1-17-6-4-9-21(14-17)28-25(30)19-8-5-7-18(15-19)24(29)26-13-12-20-16-27-23-11-3-2-10-22(20)23/h2-11,14-16,27H,12-13H2,1H3,(H,26,29)(H,28,30). The van der Waals surface area contributed by atoms with Gasteiger partial charge in [-0.1, -0.05) is 36.4 Å². The SMILES string of the molecule is Cc1cccc(NC(=O)c2cccc(C(=O)NCCc3c[nH]c4ccccc34)c2)c1. The maximum absolute atomic E-state index is 12.6. The third kappa shape index (κ3) is 4.41. The number of para-hydroxylation sites is 1. The molecule has 0 aliphatic carbocycles. The Kier molecular flexibility index (Phi) is 5.61. The lowest BCUT2D eigenvalue weighted by molar-refractivity contribution is 0.0954. The molecule has 1 heterocycles. The molecule has 0 unspecified atom stereocenters. The molecule has 0 spiro atoms. The van der Waals surface area contributed by atoms with Gasteiger partial charge in [-0.2, -0.15) is 0 Å². The second kappa shape index (κ2) is 8.66. The summed E-state index contributed by atoms with van der Waals surface area (Å²) < 4.78 is 0. The lowest BCUT2D eigenvalue weighted by Gasteiger charge is -2.08. The number of aromatic nitrogens is 1. The van der Waals surface area contributed by atoms with Crippen LogP contribution in [0.2, 0.25) is 0 Å². The first kappa shape index (κ1) is 19.5. The van der Waals surface area contributed by atoms with E-state index in [0.717, 1.165) is 28.8 Å². The van der Waals surface area contributed by atoms with E-state index in [1.54, 1.807) is 24.3 Å². The quantitative estimate of drug-likeness (QED) is 0.441. The molecule has 0 aliphatic rings. The zero-order valence-electron chi connectivity index (χ0n) is 16.7. The Labute approximate surface area is 175 Å². The van der Waals surface area contributed by atoms with E-state index in [0.29, 0.717) is 17.7 Å². The Hall–Kier alpha value is -3.86. The van der Waals surface area contributed by atoms with Gasteiger partial charge in [0, 0.05) is 40.5 Å². The van der Waals surface area contributed by atoms with Crippen molar-refractivity contribution in [3.05, 3.63) is 101 Å². The molecule has 1 aromatic heterocycles. The molecule has 0 radical (unpaired) electrons. The van der Waals surface area contributed by atoms with E-state index in [9.17, 15) is 9.59 Å². The van der Waals surface area contributed by atoms with Crippen LogP contribution in [0.3, 0.4) is 0 Å². The van der Waals surface area contributed by atoms with Gasteiger partial charge >= 0.3 is 0 Å². The minimum absolute atomic E-state index is 0.194. The van der Waals surface area contributed by atoms with Crippen LogP contribution in [0, 0.1) is 6.92 Å². The predicted octanol–water partition coefficient (Wildman–Crippen LogP) is 4.70. The summed E-state index contributed by atoms with van der Waals surface area (Å²) in [6.45, 7) is 2.48. The molecule has 0 fully saturated rings. The van der Waals surface area contributed by atoms with Gasteiger partial charge in [-0.3, -0.25) is 9.59 Å². The number of rotatable bonds is 6. The number of amides is 2. The van der Waals surface area contributed by atoms with E-state index >= 15 is 0 Å². The molecule has 30 heavy (non-hydrogen) atoms. The van der Waals surface area contributed by atoms with Gasteiger partial charge in [-0.25, -0.2) is 0 Å². The van der Waals surface area contributed by atoms with Gasteiger partial charge in [0.15, 0.2) is 0 Å². The maximum Gasteiger partial charge on any atom is 0.255 e. The smallest absolute Gasteiger partial charge is 0.255 e. The fraction of sp³-hybridized carbons (Fsp3) is 0.120. The number of fused-ring (bicyclic) bond motifs is 1. The van der Waals surface area contributed by atoms with Gasteiger partial charge in [0.25, 0.3) is 11.8 Å². The Bertz CT molecular complexity index is 1210. The summed E-state index contributed by atoms with van der Waals surface area (Å²) in [4.78, 5) is 28.4. The van der Waals surface area contributed by atoms with E-state index in [2.05, 4.69) is 21.7 Å². The Balaban J connectivity index is 1.38. The number of hydrogen-bond acceptors (Lipinski definition) is 2. The van der Waals surface area contributed by atoms with Crippen LogP contribution in [-0.4, -0.2) is 23.3 Å². The summed E-state index contributed by atoms with van der Waals surface area (Å²) in [5, 5.41) is 6.98. The van der Waals surface area contributed by atoms with Gasteiger partial charge in [0.1, 0.15) is 0 Å². The topological polar surface area (TPSA) is 74.0 Å². The zero-order valence-corrected chi connectivity index (χ0v) is 16.7. The third-order valence-corrected chi connectivity index (χ3v) is 5.02. The number of nitrogens with one attached hydrogen (secondary N) is 3. The van der Waals surface area contributed by atoms with Crippen LogP contribution in [0.4, 0.5) is 5.69 Å². The Morgan fingerprint density at radius 2 is 1.63 bits per heavy atom. The van der Waals surface area contributed by atoms with E-state index in [1.165, 1.54) is 5.39 Å². The van der Waals surface area contributed by atoms with Gasteiger partial charge in [-0.15, -0.1) is 0 Å². The summed E-state index contributed by atoms with van der Waals surface area (Å²) in [6.07, 6.45) is 2.70. The van der Waals surface area contributed by atoms with Crippen LogP contribution in [0.25, 0.3) is 10.9 Å². The second-order valence-electron chi connectivity index (χ2n) is 7.27. The molecule has 4 rings (SSSR count). The van der Waals surface area contributed by atoms with Crippen LogP contribution in [0.1, 0.15) is 31.8 Å². The number of hydrogen-bond donors (Lipinski definition) is 3. The van der Waals surface area contributed by atoms with Crippen LogP contribution < -0.4 is 10.6 Å². The fourth-order valence-electron chi connectivity index (χ4n) is 3.48. The first-order valence-electron chi connectivity index (χ1n) is 9.91. The lowest BCUT2D eigenvalue weighted by atomic mass is 10.1. The summed E-state index contributed by atoms with van der Waals surface area (Å²) in [5.74, 6) is -0.436. The molecule has 2 amide bonds. The molecular formula is C25H23N3O2. The lowest BCUT2D eigenvalue weighted by Crippen LogP contribution is -2.26. The average molecular weight is 397 g/mol. The number of aromatic amines is 1. The fourth-order valence-corrected chi connectivity index (χ4v) is 3.48. The summed E-state index contributed by atoms with van der Waals surface area (Å²) in [7, 11) is 0. The number of benzene rings is 3. The van der Waals surface area contributed by atoms with Gasteiger partial charge in [-0.05, 0) is 60.9 Å². The third-order valence-electron chi connectivity index (χ3n) is 5.02. The number of anilines is 1. The van der Waals surface area contributed by atoms with Gasteiger partial charge in [0.2, 0.25) is 0 Å². The van der Waals surface area contributed by atoms with E-state index < -0.39 is 0 Å². The van der Waals surface area contributed by atoms with Crippen molar-refractivity contribution in [1.82, 2.24) is 10.3 Å². The highest BCUT2D eigenvalue weighted by molar-refractivity contribution is 6.06. The normalized spacial score (nSPS) is 10.7. The van der Waals surface area contributed by atoms with E-state index in [1.807, 2.05) is 55.6 Å². The van der Waals surface area contributed by atoms with Crippen molar-refractivity contribution in [2.24, 2.45) is 0 Å². The molecule has 0 bridgehead atoms. The second-order valence-corrected chi connectivity index (χ2v) is 7.27.